The van der Waals surface area contributed by atoms with E-state index in [1.54, 1.807) is 21.8 Å². The lowest BCUT2D eigenvalue weighted by Gasteiger charge is -2.37. The van der Waals surface area contributed by atoms with Crippen molar-refractivity contribution in [2.24, 2.45) is 4.36 Å². The Kier molecular flexibility index (Phi) is 7.31. The summed E-state index contributed by atoms with van der Waals surface area (Å²) in [4.78, 5) is 35.2. The third-order valence-electron chi connectivity index (χ3n) is 8.48. The van der Waals surface area contributed by atoms with E-state index in [0.717, 1.165) is 24.1 Å². The molecular formula is C29H30ClF3N6O3S. The lowest BCUT2D eigenvalue weighted by molar-refractivity contribution is -0.137. The highest BCUT2D eigenvalue weighted by atomic mass is 35.5. The number of hydrogen-bond donors (Lipinski definition) is 0. The van der Waals surface area contributed by atoms with Crippen LogP contribution in [-0.2, 0) is 28.9 Å². The summed E-state index contributed by atoms with van der Waals surface area (Å²) in [6.07, 6.45) is -1.94. The normalized spacial score (nSPS) is 24.4. The summed E-state index contributed by atoms with van der Waals surface area (Å²) in [5.41, 5.74) is 1.23. The minimum atomic E-state index is -4.71. The Morgan fingerprint density at radius 3 is 2.58 bits per heavy atom. The summed E-state index contributed by atoms with van der Waals surface area (Å²) in [6, 6.07) is 5.80. The van der Waals surface area contributed by atoms with Crippen LogP contribution in [0.25, 0.3) is 0 Å². The van der Waals surface area contributed by atoms with Gasteiger partial charge < -0.3 is 9.80 Å². The molecule has 0 saturated heterocycles. The van der Waals surface area contributed by atoms with Crippen LogP contribution in [0.5, 0.6) is 0 Å². The van der Waals surface area contributed by atoms with Crippen molar-refractivity contribution in [1.29, 1.82) is 0 Å². The quantitative estimate of drug-likeness (QED) is 0.375. The molecule has 3 aliphatic heterocycles. The number of benzene rings is 1. The lowest BCUT2D eigenvalue weighted by Crippen LogP contribution is -2.45. The molecule has 4 atom stereocenters. The fraction of sp³-hybridized carbons (Fsp3) is 0.448. The molecule has 228 valence electrons. The predicted molar refractivity (Wildman–Crippen MR) is 153 cm³/mol. The van der Waals surface area contributed by atoms with Crippen LogP contribution in [0.2, 0.25) is 5.02 Å². The number of hydrogen-bond acceptors (Lipinski definition) is 6. The van der Waals surface area contributed by atoms with Gasteiger partial charge in [-0.3, -0.25) is 14.3 Å². The molecule has 0 unspecified atom stereocenters. The SMILES string of the molecule is C[C@@H]1Cc2nn3c(c2CN1C(=O)c1ccc(Cl)c(C(F)(F)F)c1)C(=O)N([C@H](C)c1ccc([S@]2(=O)=NCCC2)nc1)C[C@H]3C. The molecule has 43 heavy (non-hydrogen) atoms. The summed E-state index contributed by atoms with van der Waals surface area (Å²) in [7, 11) is -2.48. The van der Waals surface area contributed by atoms with Gasteiger partial charge in [0.05, 0.1) is 44.6 Å². The first kappa shape index (κ1) is 29.6. The molecule has 3 aliphatic rings. The topological polar surface area (TPSA) is 101 Å². The Labute approximate surface area is 252 Å². The number of rotatable bonds is 4. The van der Waals surface area contributed by atoms with Gasteiger partial charge in [-0.2, -0.15) is 18.3 Å². The molecule has 3 aromatic rings. The van der Waals surface area contributed by atoms with Gasteiger partial charge in [0.15, 0.2) is 0 Å². The van der Waals surface area contributed by atoms with Gasteiger partial charge in [0.2, 0.25) is 0 Å². The molecule has 0 saturated carbocycles. The second-order valence-electron chi connectivity index (χ2n) is 11.4. The average molecular weight is 635 g/mol. The minimum absolute atomic E-state index is 0.0312. The molecule has 2 aromatic heterocycles. The number of carbonyl (C=O) groups is 2. The van der Waals surface area contributed by atoms with Crippen molar-refractivity contribution in [2.75, 3.05) is 18.8 Å². The number of pyridine rings is 1. The summed E-state index contributed by atoms with van der Waals surface area (Å²) < 4.78 is 59.4. The molecule has 6 rings (SSSR count). The Balaban J connectivity index is 1.28. The number of aromatic nitrogens is 3. The highest BCUT2D eigenvalue weighted by Crippen LogP contribution is 2.38. The fourth-order valence-electron chi connectivity index (χ4n) is 6.05. The van der Waals surface area contributed by atoms with Crippen LogP contribution in [0, 0.1) is 0 Å². The molecule has 0 aliphatic carbocycles. The smallest absolute Gasteiger partial charge is 0.331 e. The maximum absolute atomic E-state index is 14.0. The van der Waals surface area contributed by atoms with Crippen LogP contribution in [0.3, 0.4) is 0 Å². The van der Waals surface area contributed by atoms with Gasteiger partial charge >= 0.3 is 6.18 Å². The van der Waals surface area contributed by atoms with Gasteiger partial charge in [-0.15, -0.1) is 0 Å². The zero-order chi connectivity index (χ0) is 30.8. The first-order chi connectivity index (χ1) is 20.3. The Morgan fingerprint density at radius 2 is 1.93 bits per heavy atom. The van der Waals surface area contributed by atoms with Crippen molar-refractivity contribution >= 4 is 33.1 Å². The van der Waals surface area contributed by atoms with Gasteiger partial charge in [-0.25, -0.2) is 13.6 Å². The molecule has 1 aromatic carbocycles. The van der Waals surface area contributed by atoms with Crippen molar-refractivity contribution in [2.45, 2.75) is 69.5 Å². The Bertz CT molecular complexity index is 1750. The van der Waals surface area contributed by atoms with Gasteiger partial charge in [-0.05, 0) is 57.0 Å². The highest BCUT2D eigenvalue weighted by Gasteiger charge is 2.41. The van der Waals surface area contributed by atoms with E-state index in [9.17, 15) is 27.0 Å². The van der Waals surface area contributed by atoms with Crippen molar-refractivity contribution in [3.05, 3.63) is 75.2 Å². The summed E-state index contributed by atoms with van der Waals surface area (Å²) in [5.74, 6) is -0.348. The zero-order valence-corrected chi connectivity index (χ0v) is 25.3. The molecule has 5 heterocycles. The molecule has 0 radical (unpaired) electrons. The highest BCUT2D eigenvalue weighted by molar-refractivity contribution is 7.93. The third kappa shape index (κ3) is 5.09. The number of nitrogens with zero attached hydrogens (tertiary/aromatic N) is 6. The molecule has 2 amide bonds. The number of amides is 2. The predicted octanol–water partition coefficient (Wildman–Crippen LogP) is 5.55. The first-order valence-corrected chi connectivity index (χ1v) is 16.1. The monoisotopic (exact) mass is 634 g/mol. The lowest BCUT2D eigenvalue weighted by atomic mass is 9.96. The summed E-state index contributed by atoms with van der Waals surface area (Å²) in [6.45, 7) is 6.65. The maximum Gasteiger partial charge on any atom is 0.417 e. The second-order valence-corrected chi connectivity index (χ2v) is 14.1. The van der Waals surface area contributed by atoms with Crippen molar-refractivity contribution in [3.63, 3.8) is 0 Å². The van der Waals surface area contributed by atoms with E-state index in [4.69, 9.17) is 16.7 Å². The summed E-state index contributed by atoms with van der Waals surface area (Å²) >= 11 is 5.77. The van der Waals surface area contributed by atoms with Crippen molar-refractivity contribution < 1.29 is 27.0 Å². The van der Waals surface area contributed by atoms with Crippen LogP contribution >= 0.6 is 11.6 Å². The molecule has 9 nitrogen and oxygen atoms in total. The zero-order valence-electron chi connectivity index (χ0n) is 23.8. The van der Waals surface area contributed by atoms with E-state index in [0.29, 0.717) is 47.2 Å². The summed E-state index contributed by atoms with van der Waals surface area (Å²) in [5, 5.41) is 4.71. The van der Waals surface area contributed by atoms with Crippen molar-refractivity contribution in [3.8, 4) is 0 Å². The Morgan fingerprint density at radius 1 is 1.16 bits per heavy atom. The number of halogens is 4. The van der Waals surface area contributed by atoms with Crippen LogP contribution in [0.15, 0.2) is 45.9 Å². The third-order valence-corrected chi connectivity index (χ3v) is 11.1. The van der Waals surface area contributed by atoms with E-state index in [-0.39, 0.29) is 36.1 Å². The van der Waals surface area contributed by atoms with Crippen LogP contribution < -0.4 is 0 Å². The largest absolute Gasteiger partial charge is 0.417 e. The molecule has 0 fully saturated rings. The molecule has 0 spiro atoms. The standard InChI is InChI=1S/C29H30ClF3N6O3S/c1-16-11-24-21(15-37(16)27(40)19-5-7-23(30)22(12-19)29(31,32)33)26-28(41)38(14-17(2)39(26)36-24)18(3)20-6-8-25(34-13-20)43(42)10-4-9-35-43/h5-8,12-13,16-18H,4,9-11,14-15H2,1-3H3/t16-,17-,18-,43+/m1/s1. The number of alkyl halides is 3. The molecule has 14 heteroatoms. The maximum atomic E-state index is 14.0. The molecule has 0 bridgehead atoms. The fourth-order valence-corrected chi connectivity index (χ4v) is 8.19. The van der Waals surface area contributed by atoms with Gasteiger partial charge in [0.25, 0.3) is 11.8 Å². The van der Waals surface area contributed by atoms with E-state index >= 15 is 0 Å². The van der Waals surface area contributed by atoms with Crippen LogP contribution in [-0.4, -0.2) is 65.5 Å². The van der Waals surface area contributed by atoms with E-state index in [1.165, 1.54) is 11.0 Å². The number of carbonyl (C=O) groups excluding carboxylic acids is 2. The van der Waals surface area contributed by atoms with Gasteiger partial charge in [0.1, 0.15) is 10.7 Å². The van der Waals surface area contributed by atoms with E-state index in [2.05, 4.69) is 9.35 Å². The van der Waals surface area contributed by atoms with Gasteiger partial charge in [0, 0.05) is 48.6 Å². The number of fused-ring (bicyclic) bond motifs is 3. The van der Waals surface area contributed by atoms with Crippen LogP contribution in [0.1, 0.15) is 82.5 Å². The van der Waals surface area contributed by atoms with E-state index in [1.807, 2.05) is 26.8 Å². The molecular weight excluding hydrogens is 605 g/mol. The van der Waals surface area contributed by atoms with E-state index < -0.39 is 32.4 Å². The van der Waals surface area contributed by atoms with Crippen LogP contribution in [0.4, 0.5) is 13.2 Å². The minimum Gasteiger partial charge on any atom is -0.331 e. The van der Waals surface area contributed by atoms with Crippen molar-refractivity contribution in [1.82, 2.24) is 24.6 Å². The molecule has 0 N–H and O–H groups in total. The Hall–Kier alpha value is -3.45. The van der Waals surface area contributed by atoms with Gasteiger partial charge in [-0.1, -0.05) is 17.7 Å². The second kappa shape index (κ2) is 10.6. The average Bonchev–Trinajstić information content (AvgIpc) is 3.58. The first-order valence-electron chi connectivity index (χ1n) is 14.0.